The molecule has 8 N–H and O–H groups in total. The molecular weight excluding hydrogens is 1240 g/mol. The van der Waals surface area contributed by atoms with E-state index in [-0.39, 0.29) is 101 Å². The maximum Gasteiger partial charge on any atom is 0.401 e. The lowest BCUT2D eigenvalue weighted by atomic mass is 9.85. The molecule has 93 heavy (non-hydrogen) atoms. The number of carbonyl (C=O) groups is 9. The number of hydrogen-bond donors (Lipinski definition) is 7. The molecule has 0 unspecified atom stereocenters. The first-order valence-corrected chi connectivity index (χ1v) is 34.1. The van der Waals surface area contributed by atoms with E-state index in [1.807, 2.05) is 38.1 Å². The highest BCUT2D eigenvalue weighted by atomic mass is 32.1. The average molecular weight is 1330 g/mol. The average Bonchev–Trinajstić information content (AvgIpc) is 1.70. The van der Waals surface area contributed by atoms with Crippen molar-refractivity contribution in [1.29, 1.82) is 0 Å². The van der Waals surface area contributed by atoms with Gasteiger partial charge in [-0.15, -0.1) is 11.3 Å². The standard InChI is InChI=1S/C66H86FN10O14PS/c1-10-90-92(88,91-11-2)65(87)44-20-23-49-45(30-44)31-50(72-49)60(82)73-51-34-75(40(6)78)27-26-47-22-24-52(77(47)63(51)85)61(83)71-46(21-25-55(68)80)35-89-54-29-37(3)28-43(57(54)67)14-12-13-15-56(81)74-59(66(7,8)9)64(86)76-33-48(79)32-53(76)62(84)70-38(4)41-16-18-42(19-17-41)58-39(5)69-36-93-58/h16-20,23,28-31,36,38,46-48,51-53,59,72,79H,10-15,21-22,24-27,32-35H2,1-9H3,(H2,68,80)(H,70,84)(H,71,83)(H,73,82)(H,74,81)/t38-,46-,47+,48+,51-,52-,53-,59+/m0/s1. The molecule has 24 nitrogen and oxygen atoms in total. The number of nitrogens with one attached hydrogen (secondary N) is 5. The number of H-pyrrole nitrogens is 1. The van der Waals surface area contributed by atoms with E-state index in [2.05, 4.69) is 31.2 Å². The molecule has 0 radical (unpaired) electrons. The lowest BCUT2D eigenvalue weighted by Gasteiger charge is -2.38. The molecule has 3 saturated heterocycles. The Balaban J connectivity index is 0.868. The number of aromatic amines is 1. The van der Waals surface area contributed by atoms with Gasteiger partial charge in [0.05, 0.1) is 47.5 Å². The third kappa shape index (κ3) is 17.5. The van der Waals surface area contributed by atoms with E-state index in [1.165, 1.54) is 52.0 Å². The normalized spacial score (nSPS) is 19.5. The third-order valence-corrected chi connectivity index (χ3v) is 20.1. The topological polar surface area (TPSA) is 331 Å². The Bertz CT molecular complexity index is 3640. The van der Waals surface area contributed by atoms with Crippen molar-refractivity contribution in [2.24, 2.45) is 11.1 Å². The number of aliphatic hydroxyl groups excluding tert-OH is 1. The Morgan fingerprint density at radius 3 is 2.26 bits per heavy atom. The van der Waals surface area contributed by atoms with E-state index < -0.39 is 114 Å². The van der Waals surface area contributed by atoms with Crippen molar-refractivity contribution in [3.05, 3.63) is 106 Å². The fourth-order valence-corrected chi connectivity index (χ4v) is 14.5. The van der Waals surface area contributed by atoms with E-state index in [0.717, 1.165) is 21.7 Å². The molecule has 0 aliphatic carbocycles. The zero-order chi connectivity index (χ0) is 67.6. The van der Waals surface area contributed by atoms with Crippen LogP contribution >= 0.6 is 18.9 Å². The second kappa shape index (κ2) is 30.9. The number of amides is 8. The van der Waals surface area contributed by atoms with Crippen LogP contribution in [0.15, 0.2) is 66.2 Å². The van der Waals surface area contributed by atoms with E-state index in [9.17, 15) is 52.8 Å². The van der Waals surface area contributed by atoms with Crippen molar-refractivity contribution in [1.82, 2.24) is 45.9 Å². The zero-order valence-electron chi connectivity index (χ0n) is 54.1. The Labute approximate surface area is 544 Å². The summed E-state index contributed by atoms with van der Waals surface area (Å²) in [4.78, 5) is 136. The predicted octanol–water partition coefficient (Wildman–Crippen LogP) is 7.08. The second-order valence-corrected chi connectivity index (χ2v) is 28.0. The largest absolute Gasteiger partial charge is 0.488 e. The first-order valence-electron chi connectivity index (χ1n) is 31.6. The van der Waals surface area contributed by atoms with Crippen LogP contribution in [0.25, 0.3) is 21.3 Å². The molecule has 0 bridgehead atoms. The van der Waals surface area contributed by atoms with Gasteiger partial charge in [0.2, 0.25) is 41.4 Å². The number of unbranched alkanes of at least 4 members (excludes halogenated alkanes) is 1. The summed E-state index contributed by atoms with van der Waals surface area (Å²) in [6.45, 7) is 15.0. The number of rotatable bonds is 27. The molecule has 0 spiro atoms. The van der Waals surface area contributed by atoms with Crippen LogP contribution in [0.5, 0.6) is 5.75 Å². The van der Waals surface area contributed by atoms with Crippen molar-refractivity contribution >= 4 is 82.6 Å². The van der Waals surface area contributed by atoms with Crippen molar-refractivity contribution in [2.75, 3.05) is 39.5 Å². The summed E-state index contributed by atoms with van der Waals surface area (Å²) >= 11 is 1.54. The first-order chi connectivity index (χ1) is 44.1. The quantitative estimate of drug-likeness (QED) is 0.0204. The summed E-state index contributed by atoms with van der Waals surface area (Å²) in [6, 6.07) is 10.6. The molecule has 5 aromatic rings. The number of aliphatic hydroxyl groups is 1. The van der Waals surface area contributed by atoms with Gasteiger partial charge in [0.1, 0.15) is 36.5 Å². The molecule has 27 heteroatoms. The molecule has 3 aromatic carbocycles. The van der Waals surface area contributed by atoms with Gasteiger partial charge in [-0.25, -0.2) is 9.37 Å². The summed E-state index contributed by atoms with van der Waals surface area (Å²) in [5.41, 5.74) is 9.93. The molecular formula is C66H86FN10O14PS. The van der Waals surface area contributed by atoms with Gasteiger partial charge < -0.3 is 65.6 Å². The lowest BCUT2D eigenvalue weighted by Crippen LogP contribution is -2.61. The van der Waals surface area contributed by atoms with Crippen molar-refractivity contribution in [3.8, 4) is 16.2 Å². The smallest absolute Gasteiger partial charge is 0.401 e. The third-order valence-electron chi connectivity index (χ3n) is 17.1. The van der Waals surface area contributed by atoms with Gasteiger partial charge in [0, 0.05) is 68.3 Å². The molecule has 8 rings (SSSR count). The number of fused-ring (bicyclic) bond motifs is 2. The molecule has 0 saturated carbocycles. The Kier molecular flexibility index (Phi) is 23.6. The van der Waals surface area contributed by atoms with Crippen molar-refractivity contribution in [2.45, 2.75) is 175 Å². The summed E-state index contributed by atoms with van der Waals surface area (Å²) in [5, 5.41) is 22.8. The summed E-state index contributed by atoms with van der Waals surface area (Å²) < 4.78 is 46.2. The summed E-state index contributed by atoms with van der Waals surface area (Å²) in [6.07, 6.45) is 0.734. The summed E-state index contributed by atoms with van der Waals surface area (Å²) in [5.74, 6) is -5.05. The number of halogens is 1. The molecule has 502 valence electrons. The van der Waals surface area contributed by atoms with Gasteiger partial charge in [0.15, 0.2) is 11.6 Å². The maximum atomic E-state index is 16.4. The first kappa shape index (κ1) is 71.0. The highest BCUT2D eigenvalue weighted by molar-refractivity contribution is 7.72. The minimum Gasteiger partial charge on any atom is -0.488 e. The minimum atomic E-state index is -4.16. The van der Waals surface area contributed by atoms with Crippen LogP contribution in [0.3, 0.4) is 0 Å². The Morgan fingerprint density at radius 2 is 1.60 bits per heavy atom. The van der Waals surface area contributed by atoms with Gasteiger partial charge in [-0.1, -0.05) is 51.1 Å². The molecule has 3 fully saturated rings. The van der Waals surface area contributed by atoms with Crippen molar-refractivity contribution in [3.63, 3.8) is 0 Å². The number of aromatic nitrogens is 2. The fraction of sp³-hybridized carbons (Fsp3) is 0.515. The van der Waals surface area contributed by atoms with E-state index in [0.29, 0.717) is 47.7 Å². The number of benzene rings is 3. The number of primary amides is 1. The number of hydrogen-bond acceptors (Lipinski definition) is 16. The fourth-order valence-electron chi connectivity index (χ4n) is 12.2. The van der Waals surface area contributed by atoms with E-state index >= 15 is 4.39 Å². The van der Waals surface area contributed by atoms with Gasteiger partial charge in [0.25, 0.3) is 11.4 Å². The number of thiazole rings is 1. The number of β-amino-alcohol motifs (C(OH)–C–C–N with tert-alkyl or cyclic N) is 1. The van der Waals surface area contributed by atoms with Crippen LogP contribution in [0.1, 0.15) is 156 Å². The molecule has 5 heterocycles. The molecule has 3 aliphatic heterocycles. The van der Waals surface area contributed by atoms with Crippen LogP contribution in [-0.4, -0.2) is 164 Å². The zero-order valence-corrected chi connectivity index (χ0v) is 55.8. The number of nitrogens with zero attached hydrogens (tertiary/aromatic N) is 4. The molecule has 2 aromatic heterocycles. The molecule has 8 atom stereocenters. The Hall–Kier alpha value is -7.90. The highest BCUT2D eigenvalue weighted by Gasteiger charge is 2.47. The van der Waals surface area contributed by atoms with Gasteiger partial charge in [-0.05, 0) is 138 Å². The van der Waals surface area contributed by atoms with Crippen LogP contribution in [-0.2, 0) is 53.6 Å². The minimum absolute atomic E-state index is 0.00000970. The van der Waals surface area contributed by atoms with Crippen LogP contribution in [0.4, 0.5) is 4.39 Å². The van der Waals surface area contributed by atoms with E-state index in [1.54, 1.807) is 64.5 Å². The van der Waals surface area contributed by atoms with E-state index in [4.69, 9.17) is 19.5 Å². The predicted molar refractivity (Wildman–Crippen MR) is 346 cm³/mol. The SMILES string of the molecule is CCOP(=O)(OCC)C(=O)c1ccc2[nH]c(C(=O)N[C@H]3CN(C(C)=O)CC[C@H]4CC[C@@H](C(=O)N[C@@H](CCC(N)=O)COc5cc(C)cc(CCCCC(=O)N[C@H](C(=O)N6C[C@H](O)C[C@H]6C(=O)N[C@@H](C)c6ccc(-c7scnc7C)cc6)C(C)(C)C)c5F)N4C3=O)cc2c1. The maximum absolute atomic E-state index is 16.4. The molecule has 3 aliphatic rings. The highest BCUT2D eigenvalue weighted by Crippen LogP contribution is 2.51. The second-order valence-electron chi connectivity index (χ2n) is 25.2. The number of ether oxygens (including phenoxy) is 1. The van der Waals surface area contributed by atoms with Crippen LogP contribution in [0.2, 0.25) is 0 Å². The Morgan fingerprint density at radius 1 is 0.892 bits per heavy atom. The molecule has 8 amide bonds. The van der Waals surface area contributed by atoms with Gasteiger partial charge >= 0.3 is 7.60 Å². The number of carbonyl (C=O) groups excluding carboxylic acids is 9. The van der Waals surface area contributed by atoms with Crippen LogP contribution < -0.4 is 31.7 Å². The number of nitrogens with two attached hydrogens (primary N) is 1. The van der Waals surface area contributed by atoms with Crippen LogP contribution in [0, 0.1) is 25.1 Å². The van der Waals surface area contributed by atoms with Crippen molar-refractivity contribution < 1.29 is 71.0 Å². The summed E-state index contributed by atoms with van der Waals surface area (Å²) in [7, 11) is -4.16. The lowest BCUT2D eigenvalue weighted by molar-refractivity contribution is -0.145. The van der Waals surface area contributed by atoms with Gasteiger partial charge in [-0.2, -0.15) is 0 Å². The van der Waals surface area contributed by atoms with Gasteiger partial charge in [-0.3, -0.25) is 47.7 Å². The number of aryl methyl sites for hydroxylation is 3. The monoisotopic (exact) mass is 1320 g/mol. The number of likely N-dealkylation sites (tertiary alicyclic amines) is 1.